The van der Waals surface area contributed by atoms with Gasteiger partial charge in [-0.1, -0.05) is 0 Å². The third-order valence-corrected chi connectivity index (χ3v) is 4.16. The van der Waals surface area contributed by atoms with Crippen LogP contribution in [-0.2, 0) is 6.42 Å². The zero-order valence-electron chi connectivity index (χ0n) is 10.8. The first-order valence-corrected chi connectivity index (χ1v) is 6.72. The summed E-state index contributed by atoms with van der Waals surface area (Å²) in [6.07, 6.45) is 4.27. The van der Waals surface area contributed by atoms with Gasteiger partial charge in [0.2, 0.25) is 0 Å². The van der Waals surface area contributed by atoms with Gasteiger partial charge in [-0.25, -0.2) is 0 Å². The molecule has 1 fully saturated rings. The number of Topliss-reactive ketones (excluding diaryl/α,β-unsaturated/α-hetero) is 1. The molecule has 1 aromatic carbocycles. The van der Waals surface area contributed by atoms with Crippen molar-refractivity contribution in [2.45, 2.75) is 38.2 Å². The number of hydrogen-bond acceptors (Lipinski definition) is 3. The van der Waals surface area contributed by atoms with E-state index in [4.69, 9.17) is 4.74 Å². The van der Waals surface area contributed by atoms with Crippen molar-refractivity contribution in [3.8, 4) is 5.75 Å². The number of carbonyl (C=O) groups is 1. The highest BCUT2D eigenvalue weighted by Crippen LogP contribution is 2.38. The molecule has 2 heterocycles. The lowest BCUT2D eigenvalue weighted by molar-refractivity contribution is 0.0170. The molecule has 0 amide bonds. The van der Waals surface area contributed by atoms with Crippen LogP contribution in [0.1, 0.15) is 42.1 Å². The first-order valence-electron chi connectivity index (χ1n) is 6.72. The van der Waals surface area contributed by atoms with Crippen molar-refractivity contribution in [3.05, 3.63) is 29.3 Å². The normalized spacial score (nSPS) is 21.2. The van der Waals surface area contributed by atoms with Crippen molar-refractivity contribution >= 4 is 5.78 Å². The number of hydrogen-bond donors (Lipinski definition) is 1. The maximum atomic E-state index is 11.4. The van der Waals surface area contributed by atoms with Crippen LogP contribution < -0.4 is 10.1 Å². The Morgan fingerprint density at radius 1 is 1.28 bits per heavy atom. The van der Waals surface area contributed by atoms with Gasteiger partial charge in [0.05, 0.1) is 0 Å². The van der Waals surface area contributed by atoms with Crippen molar-refractivity contribution in [2.24, 2.45) is 0 Å². The van der Waals surface area contributed by atoms with Gasteiger partial charge in [-0.3, -0.25) is 4.79 Å². The molecule has 3 rings (SSSR count). The van der Waals surface area contributed by atoms with Gasteiger partial charge in [0.15, 0.2) is 5.78 Å². The molecule has 2 aliphatic rings. The SMILES string of the molecule is CC(=O)c1ccc2c(c1)CCC1(CCNCC1)O2. The van der Waals surface area contributed by atoms with Crippen LogP contribution in [0.4, 0.5) is 0 Å². The zero-order chi connectivity index (χ0) is 12.6. The summed E-state index contributed by atoms with van der Waals surface area (Å²) >= 11 is 0. The largest absolute Gasteiger partial charge is 0.487 e. The van der Waals surface area contributed by atoms with Crippen LogP contribution in [0.3, 0.4) is 0 Å². The average Bonchev–Trinajstić information content (AvgIpc) is 2.39. The molecule has 96 valence electrons. The Bertz CT molecular complexity index is 475. The molecule has 1 N–H and O–H groups in total. The second-order valence-electron chi connectivity index (χ2n) is 5.41. The van der Waals surface area contributed by atoms with Gasteiger partial charge in [-0.2, -0.15) is 0 Å². The standard InChI is InChI=1S/C15H19NO2/c1-11(17)12-2-3-14-13(10-12)4-5-15(18-14)6-8-16-9-7-15/h2-3,10,16H,4-9H2,1H3. The first-order chi connectivity index (χ1) is 8.69. The molecule has 0 aromatic heterocycles. The maximum Gasteiger partial charge on any atom is 0.159 e. The van der Waals surface area contributed by atoms with E-state index >= 15 is 0 Å². The van der Waals surface area contributed by atoms with Gasteiger partial charge in [0.25, 0.3) is 0 Å². The smallest absolute Gasteiger partial charge is 0.159 e. The molecule has 1 spiro atoms. The van der Waals surface area contributed by atoms with E-state index < -0.39 is 0 Å². The molecule has 0 bridgehead atoms. The fraction of sp³-hybridized carbons (Fsp3) is 0.533. The summed E-state index contributed by atoms with van der Waals surface area (Å²) in [5.41, 5.74) is 2.01. The Kier molecular flexibility index (Phi) is 2.86. The summed E-state index contributed by atoms with van der Waals surface area (Å²) in [5.74, 6) is 1.10. The number of nitrogens with one attached hydrogen (secondary N) is 1. The number of benzene rings is 1. The van der Waals surface area contributed by atoms with Gasteiger partial charge in [-0.15, -0.1) is 0 Å². The Hall–Kier alpha value is -1.35. The van der Waals surface area contributed by atoms with Gasteiger partial charge in [-0.05, 0) is 69.5 Å². The number of carbonyl (C=O) groups excluding carboxylic acids is 1. The quantitative estimate of drug-likeness (QED) is 0.772. The van der Waals surface area contributed by atoms with Crippen LogP contribution in [0.2, 0.25) is 0 Å². The predicted molar refractivity (Wildman–Crippen MR) is 70.2 cm³/mol. The van der Waals surface area contributed by atoms with Gasteiger partial charge < -0.3 is 10.1 Å². The highest BCUT2D eigenvalue weighted by molar-refractivity contribution is 5.94. The summed E-state index contributed by atoms with van der Waals surface area (Å²) in [6.45, 7) is 3.70. The molecule has 0 radical (unpaired) electrons. The number of rotatable bonds is 1. The van der Waals surface area contributed by atoms with Crippen LogP contribution >= 0.6 is 0 Å². The van der Waals surface area contributed by atoms with Gasteiger partial charge >= 0.3 is 0 Å². The summed E-state index contributed by atoms with van der Waals surface area (Å²) in [4.78, 5) is 11.4. The minimum absolute atomic E-state index is 0.0377. The number of ketones is 1. The van der Waals surface area contributed by atoms with E-state index in [1.54, 1.807) is 6.92 Å². The fourth-order valence-electron chi connectivity index (χ4n) is 2.97. The molecule has 2 aliphatic heterocycles. The molecular formula is C15H19NO2. The fourth-order valence-corrected chi connectivity index (χ4v) is 2.97. The summed E-state index contributed by atoms with van der Waals surface area (Å²) < 4.78 is 6.24. The highest BCUT2D eigenvalue weighted by Gasteiger charge is 2.37. The lowest BCUT2D eigenvalue weighted by Crippen LogP contribution is -2.48. The first kappa shape index (κ1) is 11.7. The van der Waals surface area contributed by atoms with Gasteiger partial charge in [0, 0.05) is 5.56 Å². The topological polar surface area (TPSA) is 38.3 Å². The summed E-state index contributed by atoms with van der Waals surface area (Å²) in [5, 5.41) is 3.38. The second kappa shape index (κ2) is 4.39. The zero-order valence-corrected chi connectivity index (χ0v) is 10.8. The van der Waals surface area contributed by atoms with E-state index in [-0.39, 0.29) is 11.4 Å². The lowest BCUT2D eigenvalue weighted by Gasteiger charge is -2.41. The molecule has 18 heavy (non-hydrogen) atoms. The maximum absolute atomic E-state index is 11.4. The van der Waals surface area contributed by atoms with E-state index in [1.165, 1.54) is 5.56 Å². The average molecular weight is 245 g/mol. The molecule has 0 unspecified atom stereocenters. The Morgan fingerprint density at radius 2 is 2.06 bits per heavy atom. The van der Waals surface area contributed by atoms with E-state index in [0.29, 0.717) is 0 Å². The van der Waals surface area contributed by atoms with Crippen LogP contribution in [-0.4, -0.2) is 24.5 Å². The lowest BCUT2D eigenvalue weighted by atomic mass is 9.83. The van der Waals surface area contributed by atoms with Crippen LogP contribution in [0.5, 0.6) is 5.75 Å². The van der Waals surface area contributed by atoms with Crippen molar-refractivity contribution < 1.29 is 9.53 Å². The van der Waals surface area contributed by atoms with E-state index in [0.717, 1.165) is 50.1 Å². The number of fused-ring (bicyclic) bond motifs is 1. The molecular weight excluding hydrogens is 226 g/mol. The van der Waals surface area contributed by atoms with E-state index in [1.807, 2.05) is 18.2 Å². The third-order valence-electron chi connectivity index (χ3n) is 4.16. The summed E-state index contributed by atoms with van der Waals surface area (Å²) in [6, 6.07) is 5.84. The molecule has 3 nitrogen and oxygen atoms in total. The number of aryl methyl sites for hydroxylation is 1. The van der Waals surface area contributed by atoms with Crippen LogP contribution in [0.15, 0.2) is 18.2 Å². The highest BCUT2D eigenvalue weighted by atomic mass is 16.5. The minimum atomic E-state index is 0.0377. The summed E-state index contributed by atoms with van der Waals surface area (Å²) in [7, 11) is 0. The Labute approximate surface area is 108 Å². The van der Waals surface area contributed by atoms with E-state index in [9.17, 15) is 4.79 Å². The third kappa shape index (κ3) is 2.03. The van der Waals surface area contributed by atoms with E-state index in [2.05, 4.69) is 5.32 Å². The van der Waals surface area contributed by atoms with Gasteiger partial charge in [0.1, 0.15) is 11.4 Å². The van der Waals surface area contributed by atoms with Crippen molar-refractivity contribution in [3.63, 3.8) is 0 Å². The molecule has 0 saturated carbocycles. The number of ether oxygens (including phenoxy) is 1. The molecule has 3 heteroatoms. The molecule has 1 aromatic rings. The van der Waals surface area contributed by atoms with Crippen LogP contribution in [0, 0.1) is 0 Å². The van der Waals surface area contributed by atoms with Crippen molar-refractivity contribution in [1.29, 1.82) is 0 Å². The van der Waals surface area contributed by atoms with Crippen LogP contribution in [0.25, 0.3) is 0 Å². The van der Waals surface area contributed by atoms with Crippen molar-refractivity contribution in [2.75, 3.05) is 13.1 Å². The predicted octanol–water partition coefficient (Wildman–Crippen LogP) is 2.34. The monoisotopic (exact) mass is 245 g/mol. The molecule has 1 saturated heterocycles. The minimum Gasteiger partial charge on any atom is -0.487 e. The van der Waals surface area contributed by atoms with Crippen molar-refractivity contribution in [1.82, 2.24) is 5.32 Å². The molecule has 0 aliphatic carbocycles. The second-order valence-corrected chi connectivity index (χ2v) is 5.41. The number of piperidine rings is 1. The Balaban J connectivity index is 1.87. The Morgan fingerprint density at radius 3 is 2.78 bits per heavy atom. The molecule has 0 atom stereocenters.